The van der Waals surface area contributed by atoms with Crippen LogP contribution in [-0.2, 0) is 56.2 Å². The van der Waals surface area contributed by atoms with Crippen LogP contribution in [0.1, 0.15) is 371 Å². The monoisotopic (exact) mass is 1720 g/mol. The molecule has 0 nitrogen and oxygen atoms in total. The van der Waals surface area contributed by atoms with Crippen LogP contribution in [0.15, 0.2) is 231 Å². The second kappa shape index (κ2) is 35.3. The summed E-state index contributed by atoms with van der Waals surface area (Å²) in [5.41, 5.74) is 23.5. The molecule has 0 aromatic heterocycles. The van der Waals surface area contributed by atoms with Crippen molar-refractivity contribution < 1.29 is 0 Å². The quantitative estimate of drug-likeness (QED) is 0.0214. The summed E-state index contributed by atoms with van der Waals surface area (Å²) in [7, 11) is -6.68. The summed E-state index contributed by atoms with van der Waals surface area (Å²) in [6, 6.07) is 99.5. The van der Waals surface area contributed by atoms with Gasteiger partial charge in [0.05, 0.1) is 0 Å². The third-order valence-electron chi connectivity index (χ3n) is 36.8. The molecule has 0 saturated heterocycles. The molecule has 8 bridgehead atoms. The standard InChI is InChI=1S/C126H152Si2/c1-15-29-69-123(70-30-16-2)85-119(23-9,24-10)115-105(123)81-107-117-111(115)91-77-101-102-78-92-80-104-110(68-66-100(114(102)104)99-65-67-109(103(79-91)113(99)101)127(93-49-41-37-42-50-93,94-51-43-38-44-52-94)97-61-57-89(58-62-97)83-121(117,27-13)87-125(107,73-33-19-5)74-34-20-6)128(95-53-45-39-46-54-95,96-55-47-40-48-56-96)98-63-59-90(60-64-98)84-122(28-14)88-126(75-35-21-7,76-36-22-8)108-82-106-116(112(92)118(108)122)120(25-11,26-12)86-124(106,71-31-17-3)72-32-18-4/h37-68,77-82H,15-36,69-76,83-88H2,1-14H3. The number of unbranched alkanes of at least 4 members (excludes halogenated alkanes) is 8. The topological polar surface area (TPSA) is 0 Å². The number of rotatable bonds is 34. The predicted octanol–water partition coefficient (Wildman–Crippen LogP) is 30.4. The SMILES string of the molecule is CCCCC1(CCCC)CC(CC)(CC)c2c1cc1c3c2-c2cc4c(ccc5c6ccc7c8cc(cc(c(c2)c45)c86)-c2c4c(cc5c2C(CC)(Cc2ccc(cc2)[Si]7(c2ccccc2)c2ccccc2)CC5(CCCC)CCCC)C(CCCC)(CCCC)CC4(CC)CC)[Si](c2ccccc2)(c2ccccc2)c2ccc(cc2)CC3(CC)CC1(CCCC)CCCC. The van der Waals surface area contributed by atoms with Crippen LogP contribution in [0.3, 0.4) is 0 Å². The Morgan fingerprint density at radius 3 is 0.750 bits per heavy atom. The Labute approximate surface area is 774 Å². The minimum absolute atomic E-state index is 0.0332. The van der Waals surface area contributed by atoms with Gasteiger partial charge < -0.3 is 0 Å². The van der Waals surface area contributed by atoms with Crippen LogP contribution in [0.5, 0.6) is 0 Å². The zero-order chi connectivity index (χ0) is 88.6. The van der Waals surface area contributed by atoms with E-state index in [9.17, 15) is 0 Å². The van der Waals surface area contributed by atoms with E-state index in [1.165, 1.54) is 287 Å². The summed E-state index contributed by atoms with van der Waals surface area (Å²) < 4.78 is 0. The molecule has 2 heteroatoms. The van der Waals surface area contributed by atoms with E-state index < -0.39 is 16.1 Å². The van der Waals surface area contributed by atoms with Gasteiger partial charge in [-0.3, -0.25) is 0 Å². The molecule has 2 atom stereocenters. The van der Waals surface area contributed by atoms with Gasteiger partial charge in [-0.25, -0.2) is 0 Å². The smallest absolute Gasteiger partial charge is 0.0654 e. The molecule has 0 amide bonds. The fraction of sp³-hybridized carbons (Fsp3) is 0.460. The molecule has 4 aliphatic heterocycles. The van der Waals surface area contributed by atoms with Crippen molar-refractivity contribution in [1.29, 1.82) is 0 Å². The maximum atomic E-state index is 3.11. The largest absolute Gasteiger partial charge is 0.180 e. The second-order valence-corrected chi connectivity index (χ2v) is 50.6. The minimum atomic E-state index is -3.34. The molecule has 8 aliphatic rings. The van der Waals surface area contributed by atoms with Gasteiger partial charge in [0, 0.05) is 10.8 Å². The number of hydrogen-bond donors (Lipinski definition) is 0. The van der Waals surface area contributed by atoms with Crippen LogP contribution >= 0.6 is 0 Å². The van der Waals surface area contributed by atoms with E-state index in [1.807, 2.05) is 0 Å². The Bertz CT molecular complexity index is 5660. The van der Waals surface area contributed by atoms with Crippen molar-refractivity contribution in [3.8, 4) is 22.3 Å². The van der Waals surface area contributed by atoms with Crippen molar-refractivity contribution in [2.24, 2.45) is 0 Å². The third kappa shape index (κ3) is 13.4. The summed E-state index contributed by atoms with van der Waals surface area (Å²) in [4.78, 5) is 0. The molecule has 0 spiro atoms. The first kappa shape index (κ1) is 88.8. The molecule has 0 radical (unpaired) electrons. The summed E-state index contributed by atoms with van der Waals surface area (Å²) in [5, 5.41) is 23.4. The first-order chi connectivity index (χ1) is 62.6. The third-order valence-corrected chi connectivity index (χ3v) is 46.5. The highest BCUT2D eigenvalue weighted by Crippen LogP contribution is 2.70. The van der Waals surface area contributed by atoms with Gasteiger partial charge in [0.25, 0.3) is 0 Å². The zero-order valence-corrected chi connectivity index (χ0v) is 83.4. The molecule has 664 valence electrons. The maximum absolute atomic E-state index is 3.34. The van der Waals surface area contributed by atoms with E-state index in [0.29, 0.717) is 0 Å². The van der Waals surface area contributed by atoms with Gasteiger partial charge >= 0.3 is 0 Å². The minimum Gasteiger partial charge on any atom is -0.0654 e. The zero-order valence-electron chi connectivity index (χ0n) is 81.4. The van der Waals surface area contributed by atoms with Crippen molar-refractivity contribution in [3.63, 3.8) is 0 Å². The highest BCUT2D eigenvalue weighted by Gasteiger charge is 2.61. The van der Waals surface area contributed by atoms with Crippen LogP contribution < -0.4 is 41.5 Å². The lowest BCUT2D eigenvalue weighted by molar-refractivity contribution is 0.256. The lowest BCUT2D eigenvalue weighted by Crippen LogP contribution is -2.75. The first-order valence-corrected chi connectivity index (χ1v) is 56.7. The molecule has 4 heterocycles. The highest BCUT2D eigenvalue weighted by molar-refractivity contribution is 7.21. The molecule has 21 rings (SSSR count). The second-order valence-electron chi connectivity index (χ2n) is 43.0. The van der Waals surface area contributed by atoms with Crippen molar-refractivity contribution in [1.82, 2.24) is 0 Å². The van der Waals surface area contributed by atoms with Gasteiger partial charge in [-0.1, -0.05) is 406 Å². The van der Waals surface area contributed by atoms with E-state index in [4.69, 9.17) is 0 Å². The molecular formula is C126H152Si2. The van der Waals surface area contributed by atoms with Crippen LogP contribution in [0.4, 0.5) is 0 Å². The van der Waals surface area contributed by atoms with Crippen molar-refractivity contribution >= 4 is 101 Å². The van der Waals surface area contributed by atoms with Crippen LogP contribution in [-0.4, -0.2) is 16.1 Å². The molecule has 0 N–H and O–H groups in total. The molecule has 4 aliphatic carbocycles. The summed E-state index contributed by atoms with van der Waals surface area (Å²) in [6.07, 6.45) is 43.7. The van der Waals surface area contributed by atoms with Crippen LogP contribution in [0.2, 0.25) is 0 Å². The average molecular weight is 1720 g/mol. The summed E-state index contributed by atoms with van der Waals surface area (Å²) in [6.45, 7) is 36.0. The van der Waals surface area contributed by atoms with E-state index in [2.05, 4.69) is 327 Å². The number of benzene rings is 13. The Hall–Kier alpha value is -8.41. The lowest BCUT2D eigenvalue weighted by Gasteiger charge is -2.37. The van der Waals surface area contributed by atoms with Crippen molar-refractivity contribution in [2.45, 2.75) is 371 Å². The maximum Gasteiger partial charge on any atom is 0.180 e. The first-order valence-electron chi connectivity index (χ1n) is 52.7. The van der Waals surface area contributed by atoms with Gasteiger partial charge in [0.2, 0.25) is 0 Å². The number of fused-ring (bicyclic) bond motifs is 8. The number of hydrogen-bond acceptors (Lipinski definition) is 0. The Morgan fingerprint density at radius 1 is 0.227 bits per heavy atom. The van der Waals surface area contributed by atoms with Gasteiger partial charge in [-0.2, -0.15) is 0 Å². The molecule has 13 aromatic rings. The Balaban J connectivity index is 1.12. The van der Waals surface area contributed by atoms with E-state index in [1.54, 1.807) is 55.6 Å². The van der Waals surface area contributed by atoms with Crippen molar-refractivity contribution in [3.05, 3.63) is 286 Å². The van der Waals surface area contributed by atoms with Gasteiger partial charge in [-0.05, 0) is 348 Å². The lowest BCUT2D eigenvalue weighted by atomic mass is 9.66. The van der Waals surface area contributed by atoms with Crippen LogP contribution in [0, 0.1) is 0 Å². The molecule has 128 heavy (non-hydrogen) atoms. The van der Waals surface area contributed by atoms with Gasteiger partial charge in [0.1, 0.15) is 0 Å². The fourth-order valence-electron chi connectivity index (χ4n) is 30.4. The van der Waals surface area contributed by atoms with Crippen molar-refractivity contribution in [2.75, 3.05) is 0 Å². The van der Waals surface area contributed by atoms with Gasteiger partial charge in [0.15, 0.2) is 16.1 Å². The van der Waals surface area contributed by atoms with Crippen LogP contribution in [0.25, 0.3) is 65.3 Å². The normalized spacial score (nSPS) is 19.9. The van der Waals surface area contributed by atoms with E-state index in [-0.39, 0.29) is 43.3 Å². The van der Waals surface area contributed by atoms with Gasteiger partial charge in [-0.15, -0.1) is 0 Å². The summed E-state index contributed by atoms with van der Waals surface area (Å²) >= 11 is 0. The van der Waals surface area contributed by atoms with E-state index >= 15 is 0 Å². The molecule has 13 aromatic carbocycles. The predicted molar refractivity (Wildman–Crippen MR) is 563 cm³/mol. The van der Waals surface area contributed by atoms with E-state index in [0.717, 1.165) is 51.4 Å². The Morgan fingerprint density at radius 2 is 0.484 bits per heavy atom. The molecule has 0 fully saturated rings. The fourth-order valence-corrected chi connectivity index (χ4v) is 40.2. The average Bonchev–Trinajstić information content (AvgIpc) is 1.41. The summed E-state index contributed by atoms with van der Waals surface area (Å²) in [5.74, 6) is 0. The molecule has 2 unspecified atom stereocenters. The Kier molecular flexibility index (Phi) is 24.5. The highest BCUT2D eigenvalue weighted by atomic mass is 28.3. The molecular weight excluding hydrogens is 1570 g/mol. The molecule has 0 saturated carbocycles.